The predicted octanol–water partition coefficient (Wildman–Crippen LogP) is 2.30. The summed E-state index contributed by atoms with van der Waals surface area (Å²) in [5.74, 6) is 0.794. The molecule has 0 unspecified atom stereocenters. The molecule has 5 nitrogen and oxygen atoms in total. The van der Waals surface area contributed by atoms with Crippen LogP contribution in [-0.4, -0.2) is 37.8 Å². The molecule has 2 aromatic rings. The molecule has 3 heterocycles. The normalized spacial score (nSPS) is 17.7. The van der Waals surface area contributed by atoms with Gasteiger partial charge in [-0.1, -0.05) is 0 Å². The van der Waals surface area contributed by atoms with E-state index in [0.717, 1.165) is 49.2 Å². The Kier molecular flexibility index (Phi) is 3.32. The van der Waals surface area contributed by atoms with Crippen molar-refractivity contribution in [1.29, 1.82) is 5.26 Å². The number of ether oxygens (including phenoxy) is 1. The molecule has 0 aliphatic carbocycles. The van der Waals surface area contributed by atoms with Crippen molar-refractivity contribution in [1.82, 2.24) is 4.98 Å². The van der Waals surface area contributed by atoms with E-state index in [1.165, 1.54) is 11.3 Å². The third-order valence-electron chi connectivity index (χ3n) is 4.39. The molecule has 0 amide bonds. The second kappa shape index (κ2) is 5.47. The van der Waals surface area contributed by atoms with Crippen molar-refractivity contribution in [2.75, 3.05) is 43.1 Å². The van der Waals surface area contributed by atoms with E-state index in [2.05, 4.69) is 28.4 Å². The fraction of sp³-hybridized carbons (Fsp3) is 0.412. The molecular formula is C17H18N4O. The van der Waals surface area contributed by atoms with Gasteiger partial charge >= 0.3 is 0 Å². The van der Waals surface area contributed by atoms with E-state index in [1.54, 1.807) is 0 Å². The Labute approximate surface area is 129 Å². The lowest BCUT2D eigenvalue weighted by atomic mass is 10.0. The van der Waals surface area contributed by atoms with Gasteiger partial charge in [0.05, 0.1) is 24.3 Å². The van der Waals surface area contributed by atoms with Crippen LogP contribution < -0.4 is 10.2 Å². The lowest BCUT2D eigenvalue weighted by molar-refractivity contribution is 0.122. The SMILES string of the molecule is N#Cc1cc2cc3c(cc2nc1N1CCOCC1)CCCN3. The highest BCUT2D eigenvalue weighted by Gasteiger charge is 2.18. The second-order valence-corrected chi connectivity index (χ2v) is 5.80. The maximum absolute atomic E-state index is 9.48. The first kappa shape index (κ1) is 13.4. The number of hydrogen-bond acceptors (Lipinski definition) is 5. The molecule has 0 atom stereocenters. The molecule has 0 spiro atoms. The lowest BCUT2D eigenvalue weighted by Gasteiger charge is -2.28. The van der Waals surface area contributed by atoms with Crippen molar-refractivity contribution < 1.29 is 4.74 Å². The van der Waals surface area contributed by atoms with E-state index < -0.39 is 0 Å². The standard InChI is InChI=1S/C17H18N4O/c18-11-14-8-13-10-15-12(2-1-3-19-15)9-16(13)20-17(14)21-4-6-22-7-5-21/h8-10,19H,1-7H2. The van der Waals surface area contributed by atoms with Gasteiger partial charge in [0.1, 0.15) is 11.9 Å². The number of nitriles is 1. The van der Waals surface area contributed by atoms with Gasteiger partial charge in [0, 0.05) is 30.7 Å². The third-order valence-corrected chi connectivity index (χ3v) is 4.39. The summed E-state index contributed by atoms with van der Waals surface area (Å²) in [5, 5.41) is 13.9. The first-order chi connectivity index (χ1) is 10.8. The van der Waals surface area contributed by atoms with Gasteiger partial charge < -0.3 is 15.0 Å². The molecule has 0 saturated carbocycles. The molecule has 22 heavy (non-hydrogen) atoms. The summed E-state index contributed by atoms with van der Waals surface area (Å²) in [4.78, 5) is 6.95. The number of anilines is 2. The highest BCUT2D eigenvalue weighted by molar-refractivity contribution is 5.87. The predicted molar refractivity (Wildman–Crippen MR) is 86.3 cm³/mol. The van der Waals surface area contributed by atoms with Crippen molar-refractivity contribution in [3.05, 3.63) is 29.3 Å². The van der Waals surface area contributed by atoms with Crippen LogP contribution in [0.15, 0.2) is 18.2 Å². The smallest absolute Gasteiger partial charge is 0.147 e. The van der Waals surface area contributed by atoms with Crippen LogP contribution in [0.25, 0.3) is 10.9 Å². The van der Waals surface area contributed by atoms with E-state index in [4.69, 9.17) is 9.72 Å². The monoisotopic (exact) mass is 294 g/mol. The minimum absolute atomic E-state index is 0.644. The van der Waals surface area contributed by atoms with Gasteiger partial charge in [0.2, 0.25) is 0 Å². The maximum atomic E-state index is 9.48. The van der Waals surface area contributed by atoms with Crippen molar-refractivity contribution in [2.24, 2.45) is 0 Å². The third kappa shape index (κ3) is 2.26. The molecule has 0 bridgehead atoms. The van der Waals surface area contributed by atoms with E-state index in [0.29, 0.717) is 18.8 Å². The number of fused-ring (bicyclic) bond motifs is 2. The molecule has 1 aromatic carbocycles. The van der Waals surface area contributed by atoms with Crippen LogP contribution in [0.3, 0.4) is 0 Å². The Bertz CT molecular complexity index is 759. The Balaban J connectivity index is 1.84. The second-order valence-electron chi connectivity index (χ2n) is 5.80. The van der Waals surface area contributed by atoms with Gasteiger partial charge in [-0.25, -0.2) is 4.98 Å². The van der Waals surface area contributed by atoms with Gasteiger partial charge in [0.15, 0.2) is 0 Å². The van der Waals surface area contributed by atoms with Crippen molar-refractivity contribution in [2.45, 2.75) is 12.8 Å². The fourth-order valence-electron chi connectivity index (χ4n) is 3.23. The Morgan fingerprint density at radius 2 is 2.09 bits per heavy atom. The summed E-state index contributed by atoms with van der Waals surface area (Å²) >= 11 is 0. The molecule has 2 aliphatic heterocycles. The summed E-state index contributed by atoms with van der Waals surface area (Å²) in [6, 6.07) is 8.56. The average Bonchev–Trinajstić information content (AvgIpc) is 2.59. The number of nitrogens with zero attached hydrogens (tertiary/aromatic N) is 3. The largest absolute Gasteiger partial charge is 0.385 e. The number of pyridine rings is 1. The van der Waals surface area contributed by atoms with Gasteiger partial charge in [-0.2, -0.15) is 5.26 Å². The molecule has 1 saturated heterocycles. The van der Waals surface area contributed by atoms with Gasteiger partial charge in [0.25, 0.3) is 0 Å². The molecule has 2 aliphatic rings. The molecule has 1 fully saturated rings. The van der Waals surface area contributed by atoms with Crippen LogP contribution in [0, 0.1) is 11.3 Å². The van der Waals surface area contributed by atoms with E-state index in [1.807, 2.05) is 6.07 Å². The summed E-state index contributed by atoms with van der Waals surface area (Å²) in [6.45, 7) is 3.99. The van der Waals surface area contributed by atoms with Gasteiger partial charge in [-0.05, 0) is 36.6 Å². The van der Waals surface area contributed by atoms with Crippen LogP contribution in [-0.2, 0) is 11.2 Å². The van der Waals surface area contributed by atoms with E-state index in [-0.39, 0.29) is 0 Å². The minimum Gasteiger partial charge on any atom is -0.385 e. The molecule has 0 radical (unpaired) electrons. The Morgan fingerprint density at radius 1 is 1.23 bits per heavy atom. The fourth-order valence-corrected chi connectivity index (χ4v) is 3.23. The van der Waals surface area contributed by atoms with Gasteiger partial charge in [-0.3, -0.25) is 0 Å². The maximum Gasteiger partial charge on any atom is 0.147 e. The molecule has 5 heteroatoms. The highest BCUT2D eigenvalue weighted by atomic mass is 16.5. The van der Waals surface area contributed by atoms with Crippen molar-refractivity contribution in [3.63, 3.8) is 0 Å². The van der Waals surface area contributed by atoms with Crippen LogP contribution in [0.1, 0.15) is 17.5 Å². The zero-order chi connectivity index (χ0) is 14.9. The summed E-state index contributed by atoms with van der Waals surface area (Å²) in [7, 11) is 0. The summed E-state index contributed by atoms with van der Waals surface area (Å²) < 4.78 is 5.40. The van der Waals surface area contributed by atoms with Crippen LogP contribution in [0.2, 0.25) is 0 Å². The van der Waals surface area contributed by atoms with Gasteiger partial charge in [-0.15, -0.1) is 0 Å². The summed E-state index contributed by atoms with van der Waals surface area (Å²) in [6.07, 6.45) is 2.25. The average molecular weight is 294 g/mol. The molecule has 1 aromatic heterocycles. The quantitative estimate of drug-likeness (QED) is 0.874. The minimum atomic E-state index is 0.644. The number of hydrogen-bond donors (Lipinski definition) is 1. The number of nitrogens with one attached hydrogen (secondary N) is 1. The zero-order valence-corrected chi connectivity index (χ0v) is 12.4. The van der Waals surface area contributed by atoms with Crippen LogP contribution >= 0.6 is 0 Å². The molecule has 1 N–H and O–H groups in total. The summed E-state index contributed by atoms with van der Waals surface area (Å²) in [5.41, 5.74) is 4.13. The molecular weight excluding hydrogens is 276 g/mol. The van der Waals surface area contributed by atoms with Crippen LogP contribution in [0.4, 0.5) is 11.5 Å². The van der Waals surface area contributed by atoms with Crippen molar-refractivity contribution in [3.8, 4) is 6.07 Å². The van der Waals surface area contributed by atoms with Crippen LogP contribution in [0.5, 0.6) is 0 Å². The number of rotatable bonds is 1. The first-order valence-corrected chi connectivity index (χ1v) is 7.79. The van der Waals surface area contributed by atoms with E-state index >= 15 is 0 Å². The van der Waals surface area contributed by atoms with E-state index in [9.17, 15) is 5.26 Å². The Morgan fingerprint density at radius 3 is 2.91 bits per heavy atom. The first-order valence-electron chi connectivity index (χ1n) is 7.79. The number of benzene rings is 1. The number of aromatic nitrogens is 1. The lowest BCUT2D eigenvalue weighted by Crippen LogP contribution is -2.37. The number of morpholine rings is 1. The highest BCUT2D eigenvalue weighted by Crippen LogP contribution is 2.30. The van der Waals surface area contributed by atoms with Crippen molar-refractivity contribution >= 4 is 22.4 Å². The Hall–Kier alpha value is -2.32. The molecule has 112 valence electrons. The topological polar surface area (TPSA) is 61.2 Å². The number of aryl methyl sites for hydroxylation is 1. The molecule has 4 rings (SSSR count). The zero-order valence-electron chi connectivity index (χ0n) is 12.4.